The zero-order chi connectivity index (χ0) is 12.1. The predicted octanol–water partition coefficient (Wildman–Crippen LogP) is 3.45. The Morgan fingerprint density at radius 2 is 2.24 bits per heavy atom. The van der Waals surface area contributed by atoms with Crippen molar-refractivity contribution in [3.8, 4) is 6.07 Å². The zero-order valence-corrected chi connectivity index (χ0v) is 10.7. The molecule has 0 saturated carbocycles. The van der Waals surface area contributed by atoms with Gasteiger partial charge in [0.2, 0.25) is 0 Å². The monoisotopic (exact) mass is 245 g/mol. The highest BCUT2D eigenvalue weighted by molar-refractivity contribution is 7.99. The van der Waals surface area contributed by atoms with E-state index in [1.165, 1.54) is 5.52 Å². The minimum Gasteiger partial charge on any atom is -0.319 e. The predicted molar refractivity (Wildman–Crippen MR) is 71.0 cm³/mol. The van der Waals surface area contributed by atoms with Crippen molar-refractivity contribution in [2.75, 3.05) is 5.75 Å². The lowest BCUT2D eigenvalue weighted by Gasteiger charge is -2.04. The van der Waals surface area contributed by atoms with Gasteiger partial charge in [0.1, 0.15) is 0 Å². The fourth-order valence-corrected chi connectivity index (χ4v) is 2.80. The molecule has 0 spiro atoms. The number of nitriles is 1. The molecule has 2 rings (SSSR count). The van der Waals surface area contributed by atoms with Gasteiger partial charge < -0.3 is 4.57 Å². The quantitative estimate of drug-likeness (QED) is 0.598. The van der Waals surface area contributed by atoms with Crippen molar-refractivity contribution in [2.45, 2.75) is 31.5 Å². The fourth-order valence-electron chi connectivity index (χ4n) is 1.78. The Bertz CT molecular complexity index is 539. The molecular weight excluding hydrogens is 230 g/mol. The topological polar surface area (TPSA) is 41.6 Å². The number of unbranched alkanes of at least 4 members (excludes halogenated alkanes) is 1. The van der Waals surface area contributed by atoms with E-state index in [2.05, 4.69) is 28.6 Å². The van der Waals surface area contributed by atoms with Gasteiger partial charge in [-0.1, -0.05) is 23.9 Å². The standard InChI is InChI=1S/C13H15N3S/c1-2-16-12-8-4-3-7-11(12)15-13(16)17-10-6-5-9-14/h3-4,7-8H,2,5-6,10H2,1H3. The summed E-state index contributed by atoms with van der Waals surface area (Å²) in [6.07, 6.45) is 1.55. The van der Waals surface area contributed by atoms with Crippen LogP contribution in [-0.2, 0) is 6.54 Å². The summed E-state index contributed by atoms with van der Waals surface area (Å²) in [6.45, 7) is 3.06. The molecule has 0 saturated heterocycles. The molecule has 0 atom stereocenters. The third-order valence-corrected chi connectivity index (χ3v) is 3.66. The van der Waals surface area contributed by atoms with Crippen LogP contribution in [0.2, 0.25) is 0 Å². The van der Waals surface area contributed by atoms with E-state index in [1.54, 1.807) is 11.8 Å². The smallest absolute Gasteiger partial charge is 0.169 e. The third kappa shape index (κ3) is 2.62. The van der Waals surface area contributed by atoms with Crippen molar-refractivity contribution >= 4 is 22.8 Å². The maximum atomic E-state index is 8.50. The van der Waals surface area contributed by atoms with Crippen molar-refractivity contribution < 1.29 is 0 Å². The summed E-state index contributed by atoms with van der Waals surface area (Å²) in [4.78, 5) is 4.62. The summed E-state index contributed by atoms with van der Waals surface area (Å²) >= 11 is 1.74. The van der Waals surface area contributed by atoms with Crippen molar-refractivity contribution in [1.82, 2.24) is 9.55 Å². The number of nitrogens with zero attached hydrogens (tertiary/aromatic N) is 3. The van der Waals surface area contributed by atoms with Gasteiger partial charge in [-0.2, -0.15) is 5.26 Å². The molecule has 4 heteroatoms. The van der Waals surface area contributed by atoms with E-state index in [0.717, 1.165) is 29.4 Å². The molecule has 0 aliphatic heterocycles. The van der Waals surface area contributed by atoms with Crippen LogP contribution < -0.4 is 0 Å². The lowest BCUT2D eigenvalue weighted by atomic mass is 10.3. The highest BCUT2D eigenvalue weighted by Crippen LogP contribution is 2.24. The van der Waals surface area contributed by atoms with Crippen LogP contribution in [0.25, 0.3) is 11.0 Å². The van der Waals surface area contributed by atoms with Gasteiger partial charge in [-0.15, -0.1) is 0 Å². The maximum Gasteiger partial charge on any atom is 0.169 e. The first kappa shape index (κ1) is 12.0. The van der Waals surface area contributed by atoms with E-state index in [-0.39, 0.29) is 0 Å². The van der Waals surface area contributed by atoms with Gasteiger partial charge >= 0.3 is 0 Å². The van der Waals surface area contributed by atoms with Crippen molar-refractivity contribution in [3.63, 3.8) is 0 Å². The van der Waals surface area contributed by atoms with Crippen LogP contribution >= 0.6 is 11.8 Å². The molecule has 0 unspecified atom stereocenters. The number of hydrogen-bond donors (Lipinski definition) is 0. The molecular formula is C13H15N3S. The van der Waals surface area contributed by atoms with E-state index in [9.17, 15) is 0 Å². The lowest BCUT2D eigenvalue weighted by Crippen LogP contribution is -1.96. The minimum absolute atomic E-state index is 0.624. The number of imidazole rings is 1. The molecule has 1 aromatic heterocycles. The number of para-hydroxylation sites is 2. The van der Waals surface area contributed by atoms with E-state index in [0.29, 0.717) is 6.42 Å². The molecule has 0 radical (unpaired) electrons. The highest BCUT2D eigenvalue weighted by atomic mass is 32.2. The van der Waals surface area contributed by atoms with E-state index < -0.39 is 0 Å². The molecule has 0 amide bonds. The number of hydrogen-bond acceptors (Lipinski definition) is 3. The highest BCUT2D eigenvalue weighted by Gasteiger charge is 2.08. The van der Waals surface area contributed by atoms with Crippen LogP contribution in [0.5, 0.6) is 0 Å². The van der Waals surface area contributed by atoms with E-state index in [1.807, 2.05) is 18.2 Å². The second kappa shape index (κ2) is 5.74. The summed E-state index contributed by atoms with van der Waals surface area (Å²) in [5, 5.41) is 9.56. The number of thioether (sulfide) groups is 1. The Hall–Kier alpha value is -1.47. The van der Waals surface area contributed by atoms with Gasteiger partial charge in [-0.3, -0.25) is 0 Å². The van der Waals surface area contributed by atoms with Gasteiger partial charge in [0.25, 0.3) is 0 Å². The number of benzene rings is 1. The lowest BCUT2D eigenvalue weighted by molar-refractivity contribution is 0.702. The number of rotatable bonds is 5. The Kier molecular flexibility index (Phi) is 4.05. The van der Waals surface area contributed by atoms with Crippen LogP contribution in [-0.4, -0.2) is 15.3 Å². The van der Waals surface area contributed by atoms with Gasteiger partial charge in [0, 0.05) is 18.7 Å². The average molecular weight is 245 g/mol. The van der Waals surface area contributed by atoms with Crippen LogP contribution in [0.4, 0.5) is 0 Å². The molecule has 17 heavy (non-hydrogen) atoms. The fraction of sp³-hybridized carbons (Fsp3) is 0.385. The minimum atomic E-state index is 0.624. The van der Waals surface area contributed by atoms with Crippen LogP contribution in [0.1, 0.15) is 19.8 Å². The van der Waals surface area contributed by atoms with Gasteiger partial charge in [-0.05, 0) is 25.5 Å². The van der Waals surface area contributed by atoms with Crippen LogP contribution in [0.15, 0.2) is 29.4 Å². The molecule has 0 aliphatic carbocycles. The molecule has 3 nitrogen and oxygen atoms in total. The van der Waals surface area contributed by atoms with Crippen LogP contribution in [0, 0.1) is 11.3 Å². The van der Waals surface area contributed by atoms with Gasteiger partial charge in [0.05, 0.1) is 17.1 Å². The largest absolute Gasteiger partial charge is 0.319 e. The van der Waals surface area contributed by atoms with E-state index >= 15 is 0 Å². The van der Waals surface area contributed by atoms with Crippen LogP contribution in [0.3, 0.4) is 0 Å². The Morgan fingerprint density at radius 1 is 1.41 bits per heavy atom. The summed E-state index contributed by atoms with van der Waals surface area (Å²) in [5.41, 5.74) is 2.25. The molecule has 0 aliphatic rings. The SMILES string of the molecule is CCn1c(SCCCC#N)nc2ccccc21. The number of aryl methyl sites for hydroxylation is 1. The molecule has 0 bridgehead atoms. The number of aromatic nitrogens is 2. The van der Waals surface area contributed by atoms with E-state index in [4.69, 9.17) is 5.26 Å². The summed E-state index contributed by atoms with van der Waals surface area (Å²) < 4.78 is 2.23. The Morgan fingerprint density at radius 3 is 3.00 bits per heavy atom. The summed E-state index contributed by atoms with van der Waals surface area (Å²) in [7, 11) is 0. The second-order valence-corrected chi connectivity index (χ2v) is 4.80. The van der Waals surface area contributed by atoms with Crippen molar-refractivity contribution in [3.05, 3.63) is 24.3 Å². The molecule has 1 heterocycles. The first-order valence-electron chi connectivity index (χ1n) is 5.82. The summed E-state index contributed by atoms with van der Waals surface area (Å²) in [6, 6.07) is 10.4. The first-order valence-corrected chi connectivity index (χ1v) is 6.80. The molecule has 0 N–H and O–H groups in total. The third-order valence-electron chi connectivity index (χ3n) is 2.60. The van der Waals surface area contributed by atoms with Gasteiger partial charge in [-0.25, -0.2) is 4.98 Å². The number of fused-ring (bicyclic) bond motifs is 1. The van der Waals surface area contributed by atoms with Crippen molar-refractivity contribution in [2.24, 2.45) is 0 Å². The normalized spacial score (nSPS) is 10.6. The molecule has 88 valence electrons. The zero-order valence-electron chi connectivity index (χ0n) is 9.89. The summed E-state index contributed by atoms with van der Waals surface area (Å²) in [5.74, 6) is 0.955. The van der Waals surface area contributed by atoms with Gasteiger partial charge in [0.15, 0.2) is 5.16 Å². The Balaban J connectivity index is 2.19. The molecule has 1 aromatic carbocycles. The maximum absolute atomic E-state index is 8.50. The van der Waals surface area contributed by atoms with Crippen molar-refractivity contribution in [1.29, 1.82) is 5.26 Å². The molecule has 2 aromatic rings. The second-order valence-electron chi connectivity index (χ2n) is 3.74. The average Bonchev–Trinajstić information content (AvgIpc) is 2.72. The molecule has 0 fully saturated rings. The first-order chi connectivity index (χ1) is 8.36. The Labute approximate surface area is 105 Å².